The minimum atomic E-state index is -0.923. The average Bonchev–Trinajstić information content (AvgIpc) is 2.62. The van der Waals surface area contributed by atoms with Crippen molar-refractivity contribution in [2.75, 3.05) is 19.7 Å². The average molecular weight is 326 g/mol. The second-order valence-electron chi connectivity index (χ2n) is 5.66. The van der Waals surface area contributed by atoms with Crippen molar-refractivity contribution < 1.29 is 19.4 Å². The second kappa shape index (κ2) is 7.23. The molecule has 1 saturated heterocycles. The number of morpholine rings is 1. The van der Waals surface area contributed by atoms with Gasteiger partial charge in [0.05, 0.1) is 19.1 Å². The highest BCUT2D eigenvalue weighted by Crippen LogP contribution is 2.21. The van der Waals surface area contributed by atoms with Crippen molar-refractivity contribution >= 4 is 11.9 Å². The van der Waals surface area contributed by atoms with E-state index in [0.717, 1.165) is 11.1 Å². The summed E-state index contributed by atoms with van der Waals surface area (Å²) in [5, 5.41) is 8.88. The zero-order chi connectivity index (χ0) is 16.9. The van der Waals surface area contributed by atoms with Crippen molar-refractivity contribution in [3.63, 3.8) is 0 Å². The first-order valence-corrected chi connectivity index (χ1v) is 7.76. The van der Waals surface area contributed by atoms with E-state index in [9.17, 15) is 9.59 Å². The van der Waals surface area contributed by atoms with Crippen molar-refractivity contribution in [2.45, 2.75) is 12.5 Å². The lowest BCUT2D eigenvalue weighted by molar-refractivity contribution is -0.141. The van der Waals surface area contributed by atoms with E-state index in [1.54, 1.807) is 23.4 Å². The Hall–Kier alpha value is -2.73. The summed E-state index contributed by atoms with van der Waals surface area (Å²) in [4.78, 5) is 29.3. The summed E-state index contributed by atoms with van der Waals surface area (Å²) in [6.45, 7) is 1.11. The van der Waals surface area contributed by atoms with Crippen LogP contribution in [0.1, 0.15) is 16.8 Å². The number of rotatable bonds is 4. The summed E-state index contributed by atoms with van der Waals surface area (Å²) in [5.41, 5.74) is 2.44. The van der Waals surface area contributed by atoms with Crippen LogP contribution in [0.5, 0.6) is 0 Å². The number of hydrogen-bond donors (Lipinski definition) is 1. The van der Waals surface area contributed by atoms with Gasteiger partial charge in [-0.25, -0.2) is 0 Å². The van der Waals surface area contributed by atoms with Crippen molar-refractivity contribution in [1.82, 2.24) is 9.88 Å². The number of pyridine rings is 1. The van der Waals surface area contributed by atoms with Crippen LogP contribution in [0.25, 0.3) is 11.1 Å². The fraction of sp³-hybridized carbons (Fsp3) is 0.278. The maximum Gasteiger partial charge on any atom is 0.306 e. The molecule has 1 aliphatic heterocycles. The van der Waals surface area contributed by atoms with Crippen LogP contribution in [-0.4, -0.2) is 52.7 Å². The fourth-order valence-corrected chi connectivity index (χ4v) is 2.77. The molecule has 2 aromatic rings. The molecule has 124 valence electrons. The normalized spacial score (nSPS) is 17.5. The van der Waals surface area contributed by atoms with Gasteiger partial charge in [-0.2, -0.15) is 0 Å². The number of aromatic nitrogens is 1. The molecule has 0 radical (unpaired) electrons. The molecule has 3 rings (SSSR count). The predicted molar refractivity (Wildman–Crippen MR) is 87.6 cm³/mol. The van der Waals surface area contributed by atoms with Crippen molar-refractivity contribution in [2.24, 2.45) is 0 Å². The number of carbonyl (C=O) groups excluding carboxylic acids is 1. The van der Waals surface area contributed by atoms with E-state index in [4.69, 9.17) is 9.84 Å². The summed E-state index contributed by atoms with van der Waals surface area (Å²) in [5.74, 6) is -1.03. The summed E-state index contributed by atoms with van der Waals surface area (Å²) in [6, 6.07) is 11.2. The topological polar surface area (TPSA) is 79.7 Å². The van der Waals surface area contributed by atoms with Crippen molar-refractivity contribution in [3.8, 4) is 11.1 Å². The van der Waals surface area contributed by atoms with Crippen LogP contribution >= 0.6 is 0 Å². The first-order valence-electron chi connectivity index (χ1n) is 7.76. The minimum absolute atomic E-state index is 0.0977. The van der Waals surface area contributed by atoms with Gasteiger partial charge in [-0.3, -0.25) is 14.6 Å². The van der Waals surface area contributed by atoms with Gasteiger partial charge in [0, 0.05) is 36.6 Å². The van der Waals surface area contributed by atoms with E-state index in [2.05, 4.69) is 4.98 Å². The van der Waals surface area contributed by atoms with Crippen LogP contribution in [0.3, 0.4) is 0 Å². The number of aliphatic carboxylic acids is 1. The lowest BCUT2D eigenvalue weighted by Gasteiger charge is -2.32. The molecule has 1 N–H and O–H groups in total. The Morgan fingerprint density at radius 1 is 1.25 bits per heavy atom. The quantitative estimate of drug-likeness (QED) is 0.930. The number of nitrogens with zero attached hydrogens (tertiary/aromatic N) is 2. The molecule has 1 fully saturated rings. The van der Waals surface area contributed by atoms with Crippen LogP contribution in [0.4, 0.5) is 0 Å². The maximum absolute atomic E-state index is 12.7. The third kappa shape index (κ3) is 3.78. The number of amides is 1. The summed E-state index contributed by atoms with van der Waals surface area (Å²) < 4.78 is 5.42. The van der Waals surface area contributed by atoms with E-state index < -0.39 is 12.1 Å². The molecule has 6 nitrogen and oxygen atoms in total. The summed E-state index contributed by atoms with van der Waals surface area (Å²) in [6.07, 6.45) is 2.90. The van der Waals surface area contributed by atoms with Gasteiger partial charge in [0.2, 0.25) is 0 Å². The molecule has 2 heterocycles. The molecular weight excluding hydrogens is 308 g/mol. The lowest BCUT2D eigenvalue weighted by atomic mass is 10.0. The molecule has 1 atom stereocenters. The molecule has 1 aromatic heterocycles. The van der Waals surface area contributed by atoms with E-state index in [-0.39, 0.29) is 12.3 Å². The van der Waals surface area contributed by atoms with Gasteiger partial charge in [-0.1, -0.05) is 18.2 Å². The number of hydrogen-bond acceptors (Lipinski definition) is 4. The van der Waals surface area contributed by atoms with Crippen LogP contribution in [0, 0.1) is 0 Å². The van der Waals surface area contributed by atoms with E-state index in [1.165, 1.54) is 0 Å². The highest BCUT2D eigenvalue weighted by Gasteiger charge is 2.26. The van der Waals surface area contributed by atoms with Gasteiger partial charge in [0.15, 0.2) is 0 Å². The molecule has 6 heteroatoms. The van der Waals surface area contributed by atoms with Gasteiger partial charge in [0.25, 0.3) is 5.91 Å². The standard InChI is InChI=1S/C18H18N2O4/c21-17(22)10-16-12-20(7-8-24-16)18(23)14-4-1-3-13(9-14)15-5-2-6-19-11-15/h1-6,9,11,16H,7-8,10,12H2,(H,21,22). The summed E-state index contributed by atoms with van der Waals surface area (Å²) in [7, 11) is 0. The van der Waals surface area contributed by atoms with Crippen LogP contribution < -0.4 is 0 Å². The highest BCUT2D eigenvalue weighted by molar-refractivity contribution is 5.95. The third-order valence-electron chi connectivity index (χ3n) is 3.93. The monoisotopic (exact) mass is 326 g/mol. The molecule has 0 spiro atoms. The Morgan fingerprint density at radius 2 is 2.08 bits per heavy atom. The first-order chi connectivity index (χ1) is 11.6. The van der Waals surface area contributed by atoms with Crippen LogP contribution in [-0.2, 0) is 9.53 Å². The van der Waals surface area contributed by atoms with Crippen molar-refractivity contribution in [1.29, 1.82) is 0 Å². The number of ether oxygens (including phenoxy) is 1. The fourth-order valence-electron chi connectivity index (χ4n) is 2.77. The van der Waals surface area contributed by atoms with Gasteiger partial charge >= 0.3 is 5.97 Å². The number of carbonyl (C=O) groups is 2. The Balaban J connectivity index is 1.76. The molecule has 1 aliphatic rings. The largest absolute Gasteiger partial charge is 0.481 e. The van der Waals surface area contributed by atoms with E-state index in [0.29, 0.717) is 25.3 Å². The first kappa shape index (κ1) is 16.1. The van der Waals surface area contributed by atoms with Gasteiger partial charge in [0.1, 0.15) is 0 Å². The Bertz CT molecular complexity index is 733. The molecule has 1 unspecified atom stereocenters. The van der Waals surface area contributed by atoms with Crippen LogP contribution in [0.15, 0.2) is 48.8 Å². The number of benzene rings is 1. The van der Waals surface area contributed by atoms with Gasteiger partial charge < -0.3 is 14.7 Å². The molecule has 24 heavy (non-hydrogen) atoms. The molecule has 0 aliphatic carbocycles. The van der Waals surface area contributed by atoms with Crippen LogP contribution in [0.2, 0.25) is 0 Å². The minimum Gasteiger partial charge on any atom is -0.481 e. The maximum atomic E-state index is 12.7. The van der Waals surface area contributed by atoms with Gasteiger partial charge in [-0.15, -0.1) is 0 Å². The Kier molecular flexibility index (Phi) is 4.86. The smallest absolute Gasteiger partial charge is 0.306 e. The second-order valence-corrected chi connectivity index (χ2v) is 5.66. The predicted octanol–water partition coefficient (Wildman–Crippen LogP) is 2.06. The molecule has 0 bridgehead atoms. The molecule has 1 amide bonds. The summed E-state index contributed by atoms with van der Waals surface area (Å²) >= 11 is 0. The third-order valence-corrected chi connectivity index (χ3v) is 3.93. The zero-order valence-corrected chi connectivity index (χ0v) is 13.1. The Labute approximate surface area is 139 Å². The van der Waals surface area contributed by atoms with Gasteiger partial charge in [-0.05, 0) is 23.8 Å². The van der Waals surface area contributed by atoms with Crippen molar-refractivity contribution in [3.05, 3.63) is 54.4 Å². The number of carboxylic acid groups (broad SMARTS) is 1. The molecule has 0 saturated carbocycles. The molecular formula is C18H18N2O4. The SMILES string of the molecule is O=C(O)CC1CN(C(=O)c2cccc(-c3cccnc3)c2)CCO1. The van der Waals surface area contributed by atoms with E-state index >= 15 is 0 Å². The molecule has 1 aromatic carbocycles. The lowest BCUT2D eigenvalue weighted by Crippen LogP contribution is -2.46. The Morgan fingerprint density at radius 3 is 2.83 bits per heavy atom. The zero-order valence-electron chi connectivity index (χ0n) is 13.1. The number of carboxylic acids is 1. The van der Waals surface area contributed by atoms with E-state index in [1.807, 2.05) is 30.3 Å². The highest BCUT2D eigenvalue weighted by atomic mass is 16.5.